The lowest BCUT2D eigenvalue weighted by Gasteiger charge is -2.36. The van der Waals surface area contributed by atoms with E-state index in [1.807, 2.05) is 20.8 Å². The summed E-state index contributed by atoms with van der Waals surface area (Å²) in [5.41, 5.74) is -0.438. The van der Waals surface area contributed by atoms with Crippen LogP contribution < -0.4 is 10.6 Å². The van der Waals surface area contributed by atoms with Gasteiger partial charge in [-0.2, -0.15) is 0 Å². The highest BCUT2D eigenvalue weighted by Crippen LogP contribution is 2.36. The summed E-state index contributed by atoms with van der Waals surface area (Å²) < 4.78 is 11.5. The first-order valence-electron chi connectivity index (χ1n) is 9.67. The first-order valence-corrected chi connectivity index (χ1v) is 12.6. The molecule has 1 saturated carbocycles. The number of rotatable bonds is 6. The fourth-order valence-corrected chi connectivity index (χ4v) is 3.75. The zero-order chi connectivity index (χ0) is 19.3. The zero-order valence-corrected chi connectivity index (χ0v) is 18.6. The van der Waals surface area contributed by atoms with E-state index in [1.165, 1.54) is 0 Å². The van der Waals surface area contributed by atoms with Gasteiger partial charge in [0.2, 0.25) is 0 Å². The quantitative estimate of drug-likeness (QED) is 0.535. The Morgan fingerprint density at radius 2 is 1.52 bits per heavy atom. The van der Waals surface area contributed by atoms with Gasteiger partial charge in [-0.1, -0.05) is 20.8 Å². The van der Waals surface area contributed by atoms with E-state index in [1.54, 1.807) is 0 Å². The molecule has 0 heterocycles. The standard InChI is InChI=1S/C19H40N2O3Si/c1-18(2,3)24-17(22)21-16-11-9-15(10-12-16)20-13-14-23-25(7,8)19(4,5)6/h15-16,20H,9-14H2,1-8H3,(H,21,22). The normalized spacial score (nSPS) is 22.6. The van der Waals surface area contributed by atoms with Crippen molar-refractivity contribution in [1.82, 2.24) is 10.6 Å². The second-order valence-corrected chi connectivity index (χ2v) is 14.6. The average molecular weight is 373 g/mol. The average Bonchev–Trinajstić information content (AvgIpc) is 2.42. The third-order valence-electron chi connectivity index (χ3n) is 5.25. The number of alkyl carbamates (subject to hydrolysis) is 1. The molecule has 0 saturated heterocycles. The van der Waals surface area contributed by atoms with Crippen LogP contribution in [0.5, 0.6) is 0 Å². The Kier molecular flexibility index (Phi) is 7.96. The van der Waals surface area contributed by atoms with Crippen LogP contribution in [0.4, 0.5) is 4.79 Å². The smallest absolute Gasteiger partial charge is 0.407 e. The molecule has 0 bridgehead atoms. The third-order valence-corrected chi connectivity index (χ3v) is 9.79. The Labute approximate surface area is 155 Å². The minimum atomic E-state index is -1.64. The van der Waals surface area contributed by atoms with Crippen molar-refractivity contribution in [1.29, 1.82) is 0 Å². The van der Waals surface area contributed by atoms with Gasteiger partial charge in [0.15, 0.2) is 8.32 Å². The fourth-order valence-electron chi connectivity index (χ4n) is 2.70. The summed E-state index contributed by atoms with van der Waals surface area (Å²) in [5.74, 6) is 0. The summed E-state index contributed by atoms with van der Waals surface area (Å²) in [5, 5.41) is 6.86. The van der Waals surface area contributed by atoms with Gasteiger partial charge in [0.25, 0.3) is 0 Å². The van der Waals surface area contributed by atoms with Gasteiger partial charge >= 0.3 is 6.09 Å². The highest BCUT2D eigenvalue weighted by molar-refractivity contribution is 6.74. The molecule has 0 atom stereocenters. The van der Waals surface area contributed by atoms with Gasteiger partial charge in [0.05, 0.1) is 0 Å². The van der Waals surface area contributed by atoms with Crippen molar-refractivity contribution >= 4 is 14.4 Å². The van der Waals surface area contributed by atoms with Gasteiger partial charge < -0.3 is 19.8 Å². The Morgan fingerprint density at radius 1 is 1.00 bits per heavy atom. The predicted molar refractivity (Wildman–Crippen MR) is 107 cm³/mol. The molecule has 6 heteroatoms. The number of hydrogen-bond donors (Lipinski definition) is 2. The predicted octanol–water partition coefficient (Wildman–Crippen LogP) is 4.43. The summed E-state index contributed by atoms with van der Waals surface area (Å²) in [6, 6.07) is 0.760. The molecule has 0 spiro atoms. The van der Waals surface area contributed by atoms with Crippen LogP contribution in [0.1, 0.15) is 67.2 Å². The van der Waals surface area contributed by atoms with Crippen LogP contribution in [0.25, 0.3) is 0 Å². The van der Waals surface area contributed by atoms with Crippen LogP contribution in [0.15, 0.2) is 0 Å². The summed E-state index contributed by atoms with van der Waals surface area (Å²) in [4.78, 5) is 11.8. The molecule has 5 nitrogen and oxygen atoms in total. The monoisotopic (exact) mass is 372 g/mol. The lowest BCUT2D eigenvalue weighted by atomic mass is 9.91. The number of nitrogens with one attached hydrogen (secondary N) is 2. The van der Waals surface area contributed by atoms with Crippen LogP contribution in [0.3, 0.4) is 0 Å². The van der Waals surface area contributed by atoms with Crippen LogP contribution in [-0.4, -0.2) is 45.2 Å². The molecule has 0 aliphatic heterocycles. The third kappa shape index (κ3) is 8.56. The molecule has 0 aromatic heterocycles. The molecule has 1 aliphatic carbocycles. The lowest BCUT2D eigenvalue weighted by Crippen LogP contribution is -2.45. The van der Waals surface area contributed by atoms with Crippen molar-refractivity contribution in [2.45, 2.75) is 103 Å². The Bertz CT molecular complexity index is 419. The minimum Gasteiger partial charge on any atom is -0.444 e. The molecule has 1 amide bonds. The van der Waals surface area contributed by atoms with Crippen molar-refractivity contribution in [3.05, 3.63) is 0 Å². The molecular formula is C19H40N2O3Si. The molecule has 148 valence electrons. The zero-order valence-electron chi connectivity index (χ0n) is 17.6. The Balaban J connectivity index is 2.20. The SMILES string of the molecule is CC(C)(C)OC(=O)NC1CCC(NCCO[Si](C)(C)C(C)(C)C)CC1. The second kappa shape index (κ2) is 8.87. The highest BCUT2D eigenvalue weighted by Gasteiger charge is 2.36. The topological polar surface area (TPSA) is 59.6 Å². The molecule has 1 aliphatic rings. The number of ether oxygens (including phenoxy) is 1. The van der Waals surface area contributed by atoms with E-state index in [0.717, 1.165) is 38.8 Å². The molecule has 0 aromatic carbocycles. The van der Waals surface area contributed by atoms with Crippen molar-refractivity contribution in [2.75, 3.05) is 13.2 Å². The highest BCUT2D eigenvalue weighted by atomic mass is 28.4. The maximum atomic E-state index is 11.8. The first-order chi connectivity index (χ1) is 11.3. The number of hydrogen-bond acceptors (Lipinski definition) is 4. The molecule has 2 N–H and O–H groups in total. The maximum absolute atomic E-state index is 11.8. The summed E-state index contributed by atoms with van der Waals surface area (Å²) in [7, 11) is -1.64. The van der Waals surface area contributed by atoms with E-state index in [4.69, 9.17) is 9.16 Å². The lowest BCUT2D eigenvalue weighted by molar-refractivity contribution is 0.0489. The van der Waals surface area contributed by atoms with Gasteiger partial charge in [0, 0.05) is 25.2 Å². The van der Waals surface area contributed by atoms with E-state index < -0.39 is 13.9 Å². The molecular weight excluding hydrogens is 332 g/mol. The largest absolute Gasteiger partial charge is 0.444 e. The van der Waals surface area contributed by atoms with E-state index in [-0.39, 0.29) is 17.2 Å². The fraction of sp³-hybridized carbons (Fsp3) is 0.947. The van der Waals surface area contributed by atoms with Crippen molar-refractivity contribution in [2.24, 2.45) is 0 Å². The van der Waals surface area contributed by atoms with Crippen LogP contribution in [-0.2, 0) is 9.16 Å². The van der Waals surface area contributed by atoms with E-state index in [0.29, 0.717) is 6.04 Å². The van der Waals surface area contributed by atoms with Gasteiger partial charge in [-0.15, -0.1) is 0 Å². The molecule has 1 rings (SSSR count). The van der Waals surface area contributed by atoms with Crippen LogP contribution >= 0.6 is 0 Å². The second-order valence-electron chi connectivity index (χ2n) is 9.76. The van der Waals surface area contributed by atoms with Gasteiger partial charge in [-0.05, 0) is 64.6 Å². The molecule has 0 radical (unpaired) electrons. The number of carbonyl (C=O) groups excluding carboxylic acids is 1. The summed E-state index contributed by atoms with van der Waals surface area (Å²) in [6.45, 7) is 18.7. The molecule has 0 unspecified atom stereocenters. The van der Waals surface area contributed by atoms with E-state index >= 15 is 0 Å². The Hall–Kier alpha value is -0.593. The summed E-state index contributed by atoms with van der Waals surface area (Å²) in [6.07, 6.45) is 3.87. The van der Waals surface area contributed by atoms with E-state index in [2.05, 4.69) is 44.5 Å². The summed E-state index contributed by atoms with van der Waals surface area (Å²) >= 11 is 0. The van der Waals surface area contributed by atoms with Gasteiger partial charge in [-0.25, -0.2) is 4.79 Å². The van der Waals surface area contributed by atoms with Crippen molar-refractivity contribution in [3.8, 4) is 0 Å². The van der Waals surface area contributed by atoms with Crippen LogP contribution in [0.2, 0.25) is 18.1 Å². The van der Waals surface area contributed by atoms with Gasteiger partial charge in [0.1, 0.15) is 5.60 Å². The first kappa shape index (κ1) is 22.4. The molecule has 1 fully saturated rings. The van der Waals surface area contributed by atoms with Crippen molar-refractivity contribution in [3.63, 3.8) is 0 Å². The maximum Gasteiger partial charge on any atom is 0.407 e. The van der Waals surface area contributed by atoms with E-state index in [9.17, 15) is 4.79 Å². The minimum absolute atomic E-state index is 0.233. The Morgan fingerprint density at radius 3 is 2.00 bits per heavy atom. The molecule has 25 heavy (non-hydrogen) atoms. The van der Waals surface area contributed by atoms with Crippen LogP contribution in [0, 0.1) is 0 Å². The number of carbonyl (C=O) groups is 1. The number of amides is 1. The van der Waals surface area contributed by atoms with Gasteiger partial charge in [-0.3, -0.25) is 0 Å². The van der Waals surface area contributed by atoms with Crippen molar-refractivity contribution < 1.29 is 14.0 Å². The molecule has 0 aromatic rings.